The Morgan fingerprint density at radius 3 is 2.77 bits per heavy atom. The number of thiophene rings is 1. The van der Waals surface area contributed by atoms with E-state index in [0.29, 0.717) is 5.92 Å². The molecule has 0 aliphatic heterocycles. The second kappa shape index (κ2) is 3.51. The third kappa shape index (κ3) is 1.75. The summed E-state index contributed by atoms with van der Waals surface area (Å²) < 4.78 is 0. The van der Waals surface area contributed by atoms with Gasteiger partial charge in [0.2, 0.25) is 0 Å². The average molecular weight is 190 g/mol. The molecule has 1 aliphatic rings. The monoisotopic (exact) mass is 190 g/mol. The van der Waals surface area contributed by atoms with E-state index in [1.807, 2.05) is 11.3 Å². The zero-order valence-corrected chi connectivity index (χ0v) is 8.90. The summed E-state index contributed by atoms with van der Waals surface area (Å²) in [6, 6.07) is 4.48. The highest BCUT2D eigenvalue weighted by Gasteiger charge is 2.15. The third-order valence-electron chi connectivity index (χ3n) is 2.52. The molecule has 1 heterocycles. The van der Waals surface area contributed by atoms with Gasteiger partial charge in [-0.15, -0.1) is 11.3 Å². The van der Waals surface area contributed by atoms with Gasteiger partial charge in [-0.05, 0) is 32.4 Å². The largest absolute Gasteiger partial charge is 0.145 e. The van der Waals surface area contributed by atoms with Crippen LogP contribution in [-0.2, 0) is 0 Å². The van der Waals surface area contributed by atoms with Gasteiger partial charge in [-0.3, -0.25) is 0 Å². The van der Waals surface area contributed by atoms with E-state index in [1.165, 1.54) is 21.7 Å². The molecule has 1 aromatic rings. The van der Waals surface area contributed by atoms with E-state index in [4.69, 9.17) is 0 Å². The number of hydrogen-bond donors (Lipinski definition) is 0. The van der Waals surface area contributed by atoms with Crippen LogP contribution in [0.1, 0.15) is 29.0 Å². The molecule has 13 heavy (non-hydrogen) atoms. The molecule has 0 bridgehead atoms. The molecule has 0 saturated carbocycles. The molecule has 0 radical (unpaired) electrons. The van der Waals surface area contributed by atoms with Crippen molar-refractivity contribution in [2.45, 2.75) is 26.2 Å². The molecule has 0 saturated heterocycles. The Hall–Kier alpha value is -0.820. The Morgan fingerprint density at radius 1 is 1.31 bits per heavy atom. The molecule has 1 unspecified atom stereocenters. The molecule has 1 heteroatoms. The van der Waals surface area contributed by atoms with Crippen molar-refractivity contribution in [1.82, 2.24) is 0 Å². The van der Waals surface area contributed by atoms with Crippen LogP contribution in [-0.4, -0.2) is 0 Å². The molecular weight excluding hydrogens is 176 g/mol. The van der Waals surface area contributed by atoms with E-state index in [0.717, 1.165) is 0 Å². The molecular formula is C12H14S. The molecule has 0 aromatic carbocycles. The Balaban J connectivity index is 2.27. The summed E-state index contributed by atoms with van der Waals surface area (Å²) in [7, 11) is 0. The summed E-state index contributed by atoms with van der Waals surface area (Å²) >= 11 is 1.92. The van der Waals surface area contributed by atoms with Gasteiger partial charge in [0.05, 0.1) is 0 Å². The van der Waals surface area contributed by atoms with E-state index in [-0.39, 0.29) is 0 Å². The van der Waals surface area contributed by atoms with E-state index in [9.17, 15) is 0 Å². The number of allylic oxidation sites excluding steroid dienone is 4. The molecule has 0 N–H and O–H groups in total. The van der Waals surface area contributed by atoms with Crippen molar-refractivity contribution in [1.29, 1.82) is 0 Å². The number of hydrogen-bond acceptors (Lipinski definition) is 1. The minimum Gasteiger partial charge on any atom is -0.145 e. The van der Waals surface area contributed by atoms with Gasteiger partial charge < -0.3 is 0 Å². The first-order valence-electron chi connectivity index (χ1n) is 4.67. The van der Waals surface area contributed by atoms with Crippen molar-refractivity contribution < 1.29 is 0 Å². The summed E-state index contributed by atoms with van der Waals surface area (Å²) in [5.74, 6) is 0.642. The van der Waals surface area contributed by atoms with Gasteiger partial charge in [0.25, 0.3) is 0 Å². The van der Waals surface area contributed by atoms with E-state index in [2.05, 4.69) is 44.2 Å². The number of aryl methyl sites for hydroxylation is 1. The summed E-state index contributed by atoms with van der Waals surface area (Å²) in [5, 5.41) is 0. The Morgan fingerprint density at radius 2 is 2.15 bits per heavy atom. The van der Waals surface area contributed by atoms with Gasteiger partial charge in [0.15, 0.2) is 0 Å². The predicted molar refractivity (Wildman–Crippen MR) is 59.3 cm³/mol. The van der Waals surface area contributed by atoms with Crippen LogP contribution in [0.25, 0.3) is 0 Å². The smallest absolute Gasteiger partial charge is 0.0177 e. The van der Waals surface area contributed by atoms with Crippen molar-refractivity contribution in [3.63, 3.8) is 0 Å². The molecule has 1 aromatic heterocycles. The lowest BCUT2D eigenvalue weighted by Gasteiger charge is -2.16. The summed E-state index contributed by atoms with van der Waals surface area (Å²) in [6.07, 6.45) is 7.81. The third-order valence-corrected chi connectivity index (χ3v) is 3.64. The molecule has 0 nitrogen and oxygen atoms in total. The van der Waals surface area contributed by atoms with Gasteiger partial charge in [-0.25, -0.2) is 0 Å². The van der Waals surface area contributed by atoms with Crippen molar-refractivity contribution in [3.05, 3.63) is 45.7 Å². The molecule has 68 valence electrons. The van der Waals surface area contributed by atoms with Crippen LogP contribution in [0.4, 0.5) is 0 Å². The summed E-state index contributed by atoms with van der Waals surface area (Å²) in [6.45, 7) is 4.40. The van der Waals surface area contributed by atoms with Crippen LogP contribution < -0.4 is 0 Å². The minimum atomic E-state index is 0.642. The van der Waals surface area contributed by atoms with Crippen LogP contribution in [0.3, 0.4) is 0 Å². The lowest BCUT2D eigenvalue weighted by molar-refractivity contribution is 0.814. The zero-order chi connectivity index (χ0) is 9.26. The lowest BCUT2D eigenvalue weighted by Crippen LogP contribution is -1.99. The standard InChI is InChI=1S/C12H14S/c1-9-5-3-4-6-11(9)12-8-7-10(2)13-12/h3-5,7-8,11H,6H2,1-2H3. The highest BCUT2D eigenvalue weighted by atomic mass is 32.1. The highest BCUT2D eigenvalue weighted by Crippen LogP contribution is 2.34. The van der Waals surface area contributed by atoms with Crippen molar-refractivity contribution >= 4 is 11.3 Å². The molecule has 0 spiro atoms. The van der Waals surface area contributed by atoms with Gasteiger partial charge in [-0.2, -0.15) is 0 Å². The van der Waals surface area contributed by atoms with E-state index >= 15 is 0 Å². The van der Waals surface area contributed by atoms with Crippen molar-refractivity contribution in [2.75, 3.05) is 0 Å². The average Bonchev–Trinajstić information content (AvgIpc) is 2.53. The normalized spacial score (nSPS) is 21.7. The van der Waals surface area contributed by atoms with Crippen LogP contribution in [0.15, 0.2) is 35.9 Å². The fraction of sp³-hybridized carbons (Fsp3) is 0.333. The first-order valence-corrected chi connectivity index (χ1v) is 5.48. The van der Waals surface area contributed by atoms with Crippen molar-refractivity contribution in [2.24, 2.45) is 0 Å². The first kappa shape index (κ1) is 8.76. The summed E-state index contributed by atoms with van der Waals surface area (Å²) in [4.78, 5) is 2.92. The Labute approximate surface area is 83.6 Å². The SMILES string of the molecule is CC1=CC=CCC1c1ccc(C)s1. The molecule has 1 atom stereocenters. The number of rotatable bonds is 1. The molecule has 0 fully saturated rings. The fourth-order valence-corrected chi connectivity index (χ4v) is 2.79. The predicted octanol–water partition coefficient (Wildman–Crippen LogP) is 4.05. The van der Waals surface area contributed by atoms with E-state index < -0.39 is 0 Å². The van der Waals surface area contributed by atoms with Gasteiger partial charge in [0.1, 0.15) is 0 Å². The maximum Gasteiger partial charge on any atom is 0.0177 e. The topological polar surface area (TPSA) is 0 Å². The maximum absolute atomic E-state index is 2.27. The zero-order valence-electron chi connectivity index (χ0n) is 8.08. The molecule has 2 rings (SSSR count). The van der Waals surface area contributed by atoms with E-state index in [1.54, 1.807) is 0 Å². The fourth-order valence-electron chi connectivity index (χ4n) is 1.72. The minimum absolute atomic E-state index is 0.642. The molecule has 0 amide bonds. The first-order chi connectivity index (χ1) is 6.27. The lowest BCUT2D eigenvalue weighted by atomic mass is 9.91. The van der Waals surface area contributed by atoms with Crippen LogP contribution in [0.5, 0.6) is 0 Å². The van der Waals surface area contributed by atoms with Crippen LogP contribution in [0.2, 0.25) is 0 Å². The summed E-state index contributed by atoms with van der Waals surface area (Å²) in [5.41, 5.74) is 1.49. The second-order valence-corrected chi connectivity index (χ2v) is 4.90. The van der Waals surface area contributed by atoms with Crippen LogP contribution in [0, 0.1) is 6.92 Å². The van der Waals surface area contributed by atoms with Gasteiger partial charge >= 0.3 is 0 Å². The van der Waals surface area contributed by atoms with Crippen LogP contribution >= 0.6 is 11.3 Å². The maximum atomic E-state index is 2.27. The second-order valence-electron chi connectivity index (χ2n) is 3.58. The van der Waals surface area contributed by atoms with Gasteiger partial charge in [0, 0.05) is 15.7 Å². The Kier molecular flexibility index (Phi) is 2.36. The Bertz CT molecular complexity index is 355. The van der Waals surface area contributed by atoms with Crippen molar-refractivity contribution in [3.8, 4) is 0 Å². The molecule has 1 aliphatic carbocycles. The van der Waals surface area contributed by atoms with Gasteiger partial charge in [-0.1, -0.05) is 23.8 Å². The quantitative estimate of drug-likeness (QED) is 0.627. The highest BCUT2D eigenvalue weighted by molar-refractivity contribution is 7.12.